The van der Waals surface area contributed by atoms with Crippen molar-refractivity contribution >= 4 is 5.69 Å². The Bertz CT molecular complexity index is 634. The van der Waals surface area contributed by atoms with Crippen molar-refractivity contribution in [2.45, 2.75) is 26.9 Å². The molecule has 20 heavy (non-hydrogen) atoms. The Morgan fingerprint density at radius 3 is 2.80 bits per heavy atom. The number of non-ortho nitro benzene ring substituents is 1. The third kappa shape index (κ3) is 2.85. The largest absolute Gasteiger partial charge is 0.316 e. The summed E-state index contributed by atoms with van der Waals surface area (Å²) in [5.41, 5.74) is 4.24. The maximum atomic E-state index is 10.8. The van der Waals surface area contributed by atoms with Gasteiger partial charge in [0.25, 0.3) is 5.69 Å². The van der Waals surface area contributed by atoms with E-state index in [2.05, 4.69) is 10.4 Å². The summed E-state index contributed by atoms with van der Waals surface area (Å²) < 4.78 is 1.89. The number of nitrogens with zero attached hydrogens (tertiary/aromatic N) is 3. The number of nitro benzene ring substituents is 1. The molecule has 2 rings (SSSR count). The Hall–Kier alpha value is -2.21. The van der Waals surface area contributed by atoms with Crippen molar-refractivity contribution in [3.05, 3.63) is 56.9 Å². The smallest absolute Gasteiger partial charge is 0.269 e. The molecule has 0 bridgehead atoms. The van der Waals surface area contributed by atoms with Gasteiger partial charge in [0.2, 0.25) is 0 Å². The van der Waals surface area contributed by atoms with Crippen LogP contribution < -0.4 is 5.32 Å². The van der Waals surface area contributed by atoms with Crippen molar-refractivity contribution in [1.82, 2.24) is 15.1 Å². The predicted molar refractivity (Wildman–Crippen MR) is 76.7 cm³/mol. The van der Waals surface area contributed by atoms with E-state index in [9.17, 15) is 10.1 Å². The van der Waals surface area contributed by atoms with Crippen molar-refractivity contribution in [3.63, 3.8) is 0 Å². The summed E-state index contributed by atoms with van der Waals surface area (Å²) in [7, 11) is 1.90. The van der Waals surface area contributed by atoms with Crippen LogP contribution in [0.2, 0.25) is 0 Å². The van der Waals surface area contributed by atoms with Gasteiger partial charge in [-0.3, -0.25) is 14.8 Å². The fourth-order valence-corrected chi connectivity index (χ4v) is 2.26. The normalized spacial score (nSPS) is 10.8. The molecule has 0 aliphatic rings. The van der Waals surface area contributed by atoms with Crippen LogP contribution in [-0.4, -0.2) is 21.8 Å². The van der Waals surface area contributed by atoms with E-state index in [4.69, 9.17) is 0 Å². The monoisotopic (exact) mass is 274 g/mol. The zero-order valence-corrected chi connectivity index (χ0v) is 11.9. The molecular formula is C14H18N4O2. The van der Waals surface area contributed by atoms with Crippen molar-refractivity contribution in [3.8, 4) is 0 Å². The van der Waals surface area contributed by atoms with E-state index in [-0.39, 0.29) is 10.6 Å². The summed E-state index contributed by atoms with van der Waals surface area (Å²) in [6, 6.07) is 6.67. The van der Waals surface area contributed by atoms with Gasteiger partial charge in [-0.15, -0.1) is 0 Å². The van der Waals surface area contributed by atoms with E-state index in [0.717, 1.165) is 23.5 Å². The van der Waals surface area contributed by atoms with Crippen LogP contribution in [0.1, 0.15) is 22.5 Å². The summed E-state index contributed by atoms with van der Waals surface area (Å²) in [6.45, 7) is 5.30. The molecular weight excluding hydrogens is 256 g/mol. The van der Waals surface area contributed by atoms with Crippen LogP contribution in [0.25, 0.3) is 0 Å². The second-order valence-corrected chi connectivity index (χ2v) is 4.76. The molecule has 1 aromatic carbocycles. The molecule has 0 fully saturated rings. The van der Waals surface area contributed by atoms with E-state index >= 15 is 0 Å². The average Bonchev–Trinajstić information content (AvgIpc) is 2.67. The number of aryl methyl sites for hydroxylation is 1. The van der Waals surface area contributed by atoms with Crippen LogP contribution in [0.5, 0.6) is 0 Å². The molecule has 1 aromatic heterocycles. The lowest BCUT2D eigenvalue weighted by molar-refractivity contribution is -0.384. The van der Waals surface area contributed by atoms with Gasteiger partial charge in [-0.25, -0.2) is 0 Å². The lowest BCUT2D eigenvalue weighted by atomic mass is 10.2. The standard InChI is InChI=1S/C14H18N4O2/c1-10-14(8-15-3)11(2)17(16-10)9-12-5-4-6-13(7-12)18(19)20/h4-7,15H,8-9H2,1-3H3. The highest BCUT2D eigenvalue weighted by Gasteiger charge is 2.12. The van der Waals surface area contributed by atoms with E-state index in [1.54, 1.807) is 12.1 Å². The number of aromatic nitrogens is 2. The molecule has 6 nitrogen and oxygen atoms in total. The summed E-state index contributed by atoms with van der Waals surface area (Å²) in [5, 5.41) is 18.4. The molecule has 0 aliphatic carbocycles. The molecule has 1 heterocycles. The van der Waals surface area contributed by atoms with Crippen LogP contribution in [0.4, 0.5) is 5.69 Å². The Morgan fingerprint density at radius 2 is 2.15 bits per heavy atom. The van der Waals surface area contributed by atoms with Crippen molar-refractivity contribution < 1.29 is 4.92 Å². The van der Waals surface area contributed by atoms with Crippen LogP contribution >= 0.6 is 0 Å². The van der Waals surface area contributed by atoms with E-state index in [1.807, 2.05) is 31.6 Å². The van der Waals surface area contributed by atoms with E-state index < -0.39 is 0 Å². The van der Waals surface area contributed by atoms with Crippen molar-refractivity contribution in [1.29, 1.82) is 0 Å². The Morgan fingerprint density at radius 1 is 1.40 bits per heavy atom. The molecule has 0 aliphatic heterocycles. The predicted octanol–water partition coefficient (Wildman–Crippen LogP) is 2.18. The summed E-state index contributed by atoms with van der Waals surface area (Å²) in [5.74, 6) is 0. The minimum Gasteiger partial charge on any atom is -0.316 e. The zero-order valence-electron chi connectivity index (χ0n) is 11.9. The molecule has 0 atom stereocenters. The summed E-state index contributed by atoms with van der Waals surface area (Å²) >= 11 is 0. The second kappa shape index (κ2) is 5.83. The fraction of sp³-hybridized carbons (Fsp3) is 0.357. The fourth-order valence-electron chi connectivity index (χ4n) is 2.26. The van der Waals surface area contributed by atoms with Gasteiger partial charge in [0.15, 0.2) is 0 Å². The number of nitrogens with one attached hydrogen (secondary N) is 1. The minimum absolute atomic E-state index is 0.111. The Kier molecular flexibility index (Phi) is 4.14. The minimum atomic E-state index is -0.378. The number of benzene rings is 1. The summed E-state index contributed by atoms with van der Waals surface area (Å²) in [4.78, 5) is 10.4. The molecule has 2 aromatic rings. The number of hydrogen-bond acceptors (Lipinski definition) is 4. The molecule has 0 saturated heterocycles. The van der Waals surface area contributed by atoms with Gasteiger partial charge in [0.1, 0.15) is 0 Å². The van der Waals surface area contributed by atoms with Gasteiger partial charge in [-0.1, -0.05) is 12.1 Å². The lowest BCUT2D eigenvalue weighted by Crippen LogP contribution is -2.08. The summed E-state index contributed by atoms with van der Waals surface area (Å²) in [6.07, 6.45) is 0. The molecule has 0 unspecified atom stereocenters. The maximum absolute atomic E-state index is 10.8. The van der Waals surface area contributed by atoms with Crippen LogP contribution in [0, 0.1) is 24.0 Å². The van der Waals surface area contributed by atoms with Crippen LogP contribution in [0.3, 0.4) is 0 Å². The Balaban J connectivity index is 2.28. The molecule has 0 amide bonds. The molecule has 0 radical (unpaired) electrons. The quantitative estimate of drug-likeness (QED) is 0.670. The zero-order chi connectivity index (χ0) is 14.7. The number of nitro groups is 1. The van der Waals surface area contributed by atoms with Crippen LogP contribution in [0.15, 0.2) is 24.3 Å². The third-order valence-corrected chi connectivity index (χ3v) is 3.34. The van der Waals surface area contributed by atoms with Gasteiger partial charge in [0.05, 0.1) is 17.2 Å². The first-order valence-corrected chi connectivity index (χ1v) is 6.43. The maximum Gasteiger partial charge on any atom is 0.269 e. The molecule has 106 valence electrons. The molecule has 0 spiro atoms. The molecule has 6 heteroatoms. The first kappa shape index (κ1) is 14.2. The SMILES string of the molecule is CNCc1c(C)nn(Cc2cccc([N+](=O)[O-])c2)c1C. The van der Waals surface area contributed by atoms with E-state index in [1.165, 1.54) is 11.6 Å². The first-order chi connectivity index (χ1) is 9.52. The number of rotatable bonds is 5. The van der Waals surface area contributed by atoms with Gasteiger partial charge in [0, 0.05) is 29.9 Å². The highest BCUT2D eigenvalue weighted by Crippen LogP contribution is 2.17. The topological polar surface area (TPSA) is 73.0 Å². The number of hydrogen-bond donors (Lipinski definition) is 1. The third-order valence-electron chi connectivity index (χ3n) is 3.34. The molecule has 1 N–H and O–H groups in total. The van der Waals surface area contributed by atoms with Crippen molar-refractivity contribution in [2.24, 2.45) is 0 Å². The molecule has 0 saturated carbocycles. The van der Waals surface area contributed by atoms with Gasteiger partial charge >= 0.3 is 0 Å². The Labute approximate surface area is 117 Å². The first-order valence-electron chi connectivity index (χ1n) is 6.43. The van der Waals surface area contributed by atoms with Crippen molar-refractivity contribution in [2.75, 3.05) is 7.05 Å². The second-order valence-electron chi connectivity index (χ2n) is 4.76. The lowest BCUT2D eigenvalue weighted by Gasteiger charge is -2.06. The van der Waals surface area contributed by atoms with Gasteiger partial charge in [-0.05, 0) is 26.5 Å². The van der Waals surface area contributed by atoms with Gasteiger partial charge in [-0.2, -0.15) is 5.10 Å². The highest BCUT2D eigenvalue weighted by atomic mass is 16.6. The van der Waals surface area contributed by atoms with Crippen LogP contribution in [-0.2, 0) is 13.1 Å². The highest BCUT2D eigenvalue weighted by molar-refractivity contribution is 5.35. The van der Waals surface area contributed by atoms with E-state index in [0.29, 0.717) is 6.54 Å². The van der Waals surface area contributed by atoms with Gasteiger partial charge < -0.3 is 5.32 Å². The average molecular weight is 274 g/mol.